The second-order valence-electron chi connectivity index (χ2n) is 10.0. The number of benzene rings is 2. The van der Waals surface area contributed by atoms with Crippen LogP contribution in [-0.2, 0) is 14.3 Å². The zero-order chi connectivity index (χ0) is 25.0. The number of aliphatic carboxylic acids is 1. The lowest BCUT2D eigenvalue weighted by Crippen LogP contribution is -2.52. The molecule has 2 aliphatic rings. The number of hydrogen-bond acceptors (Lipinski definition) is 4. The lowest BCUT2D eigenvalue weighted by Gasteiger charge is -2.36. The van der Waals surface area contributed by atoms with Crippen LogP contribution in [0.4, 0.5) is 4.79 Å². The van der Waals surface area contributed by atoms with Crippen LogP contribution in [0.2, 0.25) is 0 Å². The summed E-state index contributed by atoms with van der Waals surface area (Å²) in [6, 6.07) is 16.5. The van der Waals surface area contributed by atoms with Gasteiger partial charge in [-0.3, -0.25) is 4.79 Å². The molecule has 0 saturated heterocycles. The molecule has 0 heterocycles. The maximum atomic E-state index is 12.4. The molecule has 0 aliphatic heterocycles. The van der Waals surface area contributed by atoms with Gasteiger partial charge in [0.2, 0.25) is 5.91 Å². The third-order valence-electron chi connectivity index (χ3n) is 7.32. The number of carbonyl (C=O) groups excluding carboxylic acids is 2. The molecule has 186 valence electrons. The Morgan fingerprint density at radius 3 is 2.17 bits per heavy atom. The minimum atomic E-state index is -1.22. The zero-order valence-corrected chi connectivity index (χ0v) is 20.4. The fraction of sp³-hybridized carbons (Fsp3) is 0.464. The summed E-state index contributed by atoms with van der Waals surface area (Å²) in [6.45, 7) is 4.25. The van der Waals surface area contributed by atoms with Crippen LogP contribution in [0.15, 0.2) is 48.5 Å². The molecule has 4 rings (SSSR count). The lowest BCUT2D eigenvalue weighted by molar-refractivity contribution is -0.147. The molecule has 35 heavy (non-hydrogen) atoms. The van der Waals surface area contributed by atoms with E-state index < -0.39 is 17.6 Å². The van der Waals surface area contributed by atoms with Gasteiger partial charge in [0.15, 0.2) is 0 Å². The van der Waals surface area contributed by atoms with Crippen molar-refractivity contribution in [2.75, 3.05) is 13.2 Å². The number of ether oxygens (including phenoxy) is 1. The van der Waals surface area contributed by atoms with E-state index in [2.05, 4.69) is 34.9 Å². The molecule has 2 aliphatic carbocycles. The monoisotopic (exact) mass is 478 g/mol. The van der Waals surface area contributed by atoms with Crippen molar-refractivity contribution in [3.05, 3.63) is 59.7 Å². The predicted octanol–water partition coefficient (Wildman–Crippen LogP) is 4.70. The largest absolute Gasteiger partial charge is 0.480 e. The Morgan fingerprint density at radius 2 is 1.60 bits per heavy atom. The lowest BCUT2D eigenvalue weighted by atomic mass is 9.73. The molecule has 2 aromatic carbocycles. The molecule has 2 aromatic rings. The quantitative estimate of drug-likeness (QED) is 0.459. The van der Waals surface area contributed by atoms with Crippen molar-refractivity contribution in [3.8, 4) is 11.1 Å². The summed E-state index contributed by atoms with van der Waals surface area (Å²) in [5, 5.41) is 15.0. The second kappa shape index (κ2) is 10.5. The topological polar surface area (TPSA) is 105 Å². The molecule has 0 bridgehead atoms. The number of hydrogen-bond donors (Lipinski definition) is 3. The van der Waals surface area contributed by atoms with Gasteiger partial charge in [0.25, 0.3) is 0 Å². The summed E-state index contributed by atoms with van der Waals surface area (Å²) in [5.41, 5.74) is 3.53. The Morgan fingerprint density at radius 1 is 1.00 bits per heavy atom. The first-order valence-electron chi connectivity index (χ1n) is 12.4. The number of carbonyl (C=O) groups is 3. The molecule has 2 amide bonds. The van der Waals surface area contributed by atoms with Gasteiger partial charge in [-0.15, -0.1) is 0 Å². The highest BCUT2D eigenvalue weighted by Crippen LogP contribution is 2.44. The molecule has 3 N–H and O–H groups in total. The number of fused-ring (bicyclic) bond motifs is 3. The Kier molecular flexibility index (Phi) is 7.43. The maximum Gasteiger partial charge on any atom is 0.407 e. The van der Waals surface area contributed by atoms with Crippen LogP contribution in [0.25, 0.3) is 11.1 Å². The van der Waals surface area contributed by atoms with E-state index in [1.54, 1.807) is 6.92 Å². The zero-order valence-electron chi connectivity index (χ0n) is 20.4. The summed E-state index contributed by atoms with van der Waals surface area (Å²) >= 11 is 0. The minimum Gasteiger partial charge on any atom is -0.480 e. The molecule has 1 saturated carbocycles. The standard InChI is InChI=1S/C28H34N2O5/c1-3-12-28(2,26(32)33)30-25(31)15-18-13-19(14-18)16-29-27(34)35-17-24-22-10-6-4-8-20(22)21-9-5-7-11-23(21)24/h4-11,18-19,24H,3,12-17H2,1-2H3,(H,29,34)(H,30,31)(H,32,33). The highest BCUT2D eigenvalue weighted by atomic mass is 16.5. The van der Waals surface area contributed by atoms with Crippen LogP contribution in [0.1, 0.15) is 63.0 Å². The minimum absolute atomic E-state index is 0.0314. The predicted molar refractivity (Wildman–Crippen MR) is 133 cm³/mol. The highest BCUT2D eigenvalue weighted by molar-refractivity contribution is 5.86. The fourth-order valence-electron chi connectivity index (χ4n) is 5.43. The van der Waals surface area contributed by atoms with Crippen LogP contribution in [0, 0.1) is 11.8 Å². The van der Waals surface area contributed by atoms with E-state index in [1.807, 2.05) is 31.2 Å². The Bertz CT molecular complexity index is 1050. The van der Waals surface area contributed by atoms with Crippen LogP contribution >= 0.6 is 0 Å². The van der Waals surface area contributed by atoms with Gasteiger partial charge in [0.05, 0.1) is 0 Å². The van der Waals surface area contributed by atoms with Crippen molar-refractivity contribution in [1.82, 2.24) is 10.6 Å². The molecular weight excluding hydrogens is 444 g/mol. The smallest absolute Gasteiger partial charge is 0.407 e. The highest BCUT2D eigenvalue weighted by Gasteiger charge is 2.36. The van der Waals surface area contributed by atoms with E-state index in [0.717, 1.165) is 12.8 Å². The first-order chi connectivity index (χ1) is 16.8. The molecule has 0 spiro atoms. The van der Waals surface area contributed by atoms with Crippen LogP contribution in [0.5, 0.6) is 0 Å². The molecule has 1 atom stereocenters. The van der Waals surface area contributed by atoms with E-state index in [1.165, 1.54) is 22.3 Å². The van der Waals surface area contributed by atoms with Crippen LogP contribution < -0.4 is 10.6 Å². The number of alkyl carbamates (subject to hydrolysis) is 1. The fourth-order valence-corrected chi connectivity index (χ4v) is 5.43. The summed E-state index contributed by atoms with van der Waals surface area (Å²) in [4.78, 5) is 36.2. The van der Waals surface area contributed by atoms with Crippen LogP contribution in [0.3, 0.4) is 0 Å². The molecule has 0 radical (unpaired) electrons. The summed E-state index contributed by atoms with van der Waals surface area (Å²) < 4.78 is 5.58. The normalized spacial score (nSPS) is 20.1. The van der Waals surface area contributed by atoms with Gasteiger partial charge in [-0.2, -0.15) is 0 Å². The van der Waals surface area contributed by atoms with Crippen molar-refractivity contribution >= 4 is 18.0 Å². The average Bonchev–Trinajstić information content (AvgIpc) is 3.12. The van der Waals surface area contributed by atoms with Gasteiger partial charge >= 0.3 is 12.1 Å². The van der Waals surface area contributed by atoms with E-state index in [0.29, 0.717) is 31.7 Å². The first kappa shape index (κ1) is 24.8. The van der Waals surface area contributed by atoms with Crippen molar-refractivity contribution in [1.29, 1.82) is 0 Å². The van der Waals surface area contributed by atoms with Crippen molar-refractivity contribution in [2.24, 2.45) is 11.8 Å². The summed E-state index contributed by atoms with van der Waals surface area (Å²) in [6.07, 6.45) is 2.61. The SMILES string of the molecule is CCCC(C)(NC(=O)CC1CC(CNC(=O)OCC2c3ccccc3-c3ccccc32)C1)C(=O)O. The number of amides is 2. The Hall–Kier alpha value is -3.35. The van der Waals surface area contributed by atoms with Crippen molar-refractivity contribution in [3.63, 3.8) is 0 Å². The van der Waals surface area contributed by atoms with Crippen molar-refractivity contribution < 1.29 is 24.2 Å². The molecular formula is C28H34N2O5. The second-order valence-corrected chi connectivity index (χ2v) is 10.0. The summed E-state index contributed by atoms with van der Waals surface area (Å²) in [5.74, 6) is -0.689. The first-order valence-corrected chi connectivity index (χ1v) is 12.4. The molecule has 0 aromatic heterocycles. The van der Waals surface area contributed by atoms with Gasteiger partial charge in [0.1, 0.15) is 12.1 Å². The van der Waals surface area contributed by atoms with Gasteiger partial charge in [0, 0.05) is 18.9 Å². The Labute approximate surface area is 206 Å². The molecule has 7 nitrogen and oxygen atoms in total. The van der Waals surface area contributed by atoms with E-state index in [-0.39, 0.29) is 24.3 Å². The number of nitrogens with one attached hydrogen (secondary N) is 2. The van der Waals surface area contributed by atoms with Crippen LogP contribution in [-0.4, -0.2) is 41.8 Å². The average molecular weight is 479 g/mol. The van der Waals surface area contributed by atoms with Gasteiger partial charge in [-0.1, -0.05) is 61.9 Å². The van der Waals surface area contributed by atoms with Gasteiger partial charge in [-0.25, -0.2) is 9.59 Å². The van der Waals surface area contributed by atoms with Gasteiger partial charge < -0.3 is 20.5 Å². The molecule has 1 fully saturated rings. The number of rotatable bonds is 10. The van der Waals surface area contributed by atoms with Gasteiger partial charge in [-0.05, 0) is 60.3 Å². The Balaban J connectivity index is 1.18. The number of carboxylic acids is 1. The number of carboxylic acid groups (broad SMARTS) is 1. The molecule has 7 heteroatoms. The van der Waals surface area contributed by atoms with E-state index in [4.69, 9.17) is 4.74 Å². The summed E-state index contributed by atoms with van der Waals surface area (Å²) in [7, 11) is 0. The maximum absolute atomic E-state index is 12.4. The van der Waals surface area contributed by atoms with E-state index >= 15 is 0 Å². The van der Waals surface area contributed by atoms with E-state index in [9.17, 15) is 19.5 Å². The van der Waals surface area contributed by atoms with Crippen molar-refractivity contribution in [2.45, 2.75) is 57.4 Å². The molecule has 1 unspecified atom stereocenters. The third-order valence-corrected chi connectivity index (χ3v) is 7.32. The third kappa shape index (κ3) is 5.50.